The molecular formula is C16H30N2O. The van der Waals surface area contributed by atoms with Crippen LogP contribution in [0.3, 0.4) is 0 Å². The molecule has 0 bridgehead atoms. The Morgan fingerprint density at radius 2 is 1.84 bits per heavy atom. The van der Waals surface area contributed by atoms with Crippen molar-refractivity contribution in [1.29, 1.82) is 0 Å². The quantitative estimate of drug-likeness (QED) is 0.829. The topological polar surface area (TPSA) is 32.3 Å². The van der Waals surface area contributed by atoms with E-state index in [1.165, 1.54) is 32.1 Å². The monoisotopic (exact) mass is 266 g/mol. The molecule has 1 aliphatic heterocycles. The summed E-state index contributed by atoms with van der Waals surface area (Å²) in [5.74, 6) is 2.63. The minimum atomic E-state index is 0.288. The van der Waals surface area contributed by atoms with Crippen LogP contribution in [-0.2, 0) is 4.79 Å². The van der Waals surface area contributed by atoms with Crippen LogP contribution in [0.15, 0.2) is 0 Å². The highest BCUT2D eigenvalue weighted by atomic mass is 16.2. The van der Waals surface area contributed by atoms with Crippen molar-refractivity contribution in [2.75, 3.05) is 13.1 Å². The van der Waals surface area contributed by atoms with E-state index in [9.17, 15) is 4.79 Å². The van der Waals surface area contributed by atoms with Crippen molar-refractivity contribution in [3.63, 3.8) is 0 Å². The number of nitrogens with one attached hydrogen (secondary N) is 1. The van der Waals surface area contributed by atoms with E-state index >= 15 is 0 Å². The molecule has 3 heteroatoms. The molecular weight excluding hydrogens is 236 g/mol. The SMILES string of the molecule is CCC1CCC(CN2C(=O)CNC2CC(C)C)CC1. The molecule has 110 valence electrons. The Bertz CT molecular complexity index is 295. The van der Waals surface area contributed by atoms with Crippen LogP contribution in [0.5, 0.6) is 0 Å². The first-order valence-electron chi connectivity index (χ1n) is 8.13. The van der Waals surface area contributed by atoms with Crippen LogP contribution >= 0.6 is 0 Å². The van der Waals surface area contributed by atoms with Gasteiger partial charge in [0.2, 0.25) is 5.91 Å². The van der Waals surface area contributed by atoms with Gasteiger partial charge in [-0.2, -0.15) is 0 Å². The maximum Gasteiger partial charge on any atom is 0.237 e. The van der Waals surface area contributed by atoms with Gasteiger partial charge in [-0.25, -0.2) is 0 Å². The number of hydrogen-bond donors (Lipinski definition) is 1. The highest BCUT2D eigenvalue weighted by Gasteiger charge is 2.33. The van der Waals surface area contributed by atoms with Crippen molar-refractivity contribution in [2.24, 2.45) is 17.8 Å². The maximum atomic E-state index is 12.0. The predicted octanol–water partition coefficient (Wildman–Crippen LogP) is 3.01. The van der Waals surface area contributed by atoms with Crippen LogP contribution < -0.4 is 5.32 Å². The average molecular weight is 266 g/mol. The standard InChI is InChI=1S/C16H30N2O/c1-4-13-5-7-14(8-6-13)11-18-15(9-12(2)3)17-10-16(18)19/h12-15,17H,4-11H2,1-3H3. The van der Waals surface area contributed by atoms with Gasteiger partial charge in [-0.1, -0.05) is 40.0 Å². The molecule has 19 heavy (non-hydrogen) atoms. The predicted molar refractivity (Wildman–Crippen MR) is 78.7 cm³/mol. The van der Waals surface area contributed by atoms with E-state index < -0.39 is 0 Å². The molecule has 1 heterocycles. The van der Waals surface area contributed by atoms with Crippen LogP contribution in [0.4, 0.5) is 0 Å². The molecule has 0 radical (unpaired) electrons. The summed E-state index contributed by atoms with van der Waals surface area (Å²) in [5.41, 5.74) is 0. The fourth-order valence-electron chi connectivity index (χ4n) is 3.58. The molecule has 1 aliphatic carbocycles. The molecule has 0 aromatic carbocycles. The summed E-state index contributed by atoms with van der Waals surface area (Å²) in [4.78, 5) is 14.1. The van der Waals surface area contributed by atoms with Crippen molar-refractivity contribution >= 4 is 5.91 Å². The summed E-state index contributed by atoms with van der Waals surface area (Å²) < 4.78 is 0. The van der Waals surface area contributed by atoms with Gasteiger partial charge in [0.05, 0.1) is 12.7 Å². The van der Waals surface area contributed by atoms with E-state index in [-0.39, 0.29) is 6.17 Å². The van der Waals surface area contributed by atoms with Gasteiger partial charge in [0.25, 0.3) is 0 Å². The average Bonchev–Trinajstić information content (AvgIpc) is 2.72. The van der Waals surface area contributed by atoms with E-state index in [1.54, 1.807) is 0 Å². The van der Waals surface area contributed by atoms with Crippen molar-refractivity contribution in [3.8, 4) is 0 Å². The Hall–Kier alpha value is -0.570. The van der Waals surface area contributed by atoms with Gasteiger partial charge in [-0.15, -0.1) is 0 Å². The second-order valence-corrected chi connectivity index (χ2v) is 6.87. The molecule has 2 rings (SSSR count). The zero-order valence-corrected chi connectivity index (χ0v) is 12.8. The Kier molecular flexibility index (Phi) is 5.26. The van der Waals surface area contributed by atoms with Crippen LogP contribution in [0.2, 0.25) is 0 Å². The highest BCUT2D eigenvalue weighted by molar-refractivity contribution is 5.80. The Labute approximate surface area is 118 Å². The largest absolute Gasteiger partial charge is 0.326 e. The Morgan fingerprint density at radius 3 is 2.42 bits per heavy atom. The van der Waals surface area contributed by atoms with E-state index in [1.807, 2.05) is 0 Å². The number of nitrogens with zero attached hydrogens (tertiary/aromatic N) is 1. The summed E-state index contributed by atoms with van der Waals surface area (Å²) in [6.45, 7) is 8.29. The zero-order chi connectivity index (χ0) is 13.8. The molecule has 2 fully saturated rings. The molecule has 1 amide bonds. The van der Waals surface area contributed by atoms with Crippen LogP contribution in [-0.4, -0.2) is 30.1 Å². The van der Waals surface area contributed by atoms with Crippen molar-refractivity contribution < 1.29 is 4.79 Å². The molecule has 0 aromatic heterocycles. The third-order valence-corrected chi connectivity index (χ3v) is 4.88. The van der Waals surface area contributed by atoms with Gasteiger partial charge in [0, 0.05) is 6.54 Å². The lowest BCUT2D eigenvalue weighted by molar-refractivity contribution is -0.129. The summed E-state index contributed by atoms with van der Waals surface area (Å²) >= 11 is 0. The van der Waals surface area contributed by atoms with E-state index in [0.29, 0.717) is 18.4 Å². The van der Waals surface area contributed by atoms with Crippen LogP contribution in [0.1, 0.15) is 59.3 Å². The first kappa shape index (κ1) is 14.8. The van der Waals surface area contributed by atoms with E-state index in [2.05, 4.69) is 31.0 Å². The Balaban J connectivity index is 1.84. The van der Waals surface area contributed by atoms with E-state index in [0.717, 1.165) is 24.8 Å². The lowest BCUT2D eigenvalue weighted by atomic mass is 9.80. The number of rotatable bonds is 5. The Morgan fingerprint density at radius 1 is 1.21 bits per heavy atom. The first-order chi connectivity index (χ1) is 9.10. The molecule has 3 nitrogen and oxygen atoms in total. The first-order valence-corrected chi connectivity index (χ1v) is 8.13. The van der Waals surface area contributed by atoms with Gasteiger partial charge >= 0.3 is 0 Å². The van der Waals surface area contributed by atoms with Crippen molar-refractivity contribution in [3.05, 3.63) is 0 Å². The minimum absolute atomic E-state index is 0.288. The summed E-state index contributed by atoms with van der Waals surface area (Å²) in [5, 5.41) is 3.37. The lowest BCUT2D eigenvalue weighted by Gasteiger charge is -2.33. The van der Waals surface area contributed by atoms with E-state index in [4.69, 9.17) is 0 Å². The number of hydrogen-bond acceptors (Lipinski definition) is 2. The fraction of sp³-hybridized carbons (Fsp3) is 0.938. The molecule has 2 aliphatic rings. The third-order valence-electron chi connectivity index (χ3n) is 4.88. The molecule has 1 saturated carbocycles. The molecule has 1 unspecified atom stereocenters. The fourth-order valence-corrected chi connectivity index (χ4v) is 3.58. The van der Waals surface area contributed by atoms with Crippen LogP contribution in [0.25, 0.3) is 0 Å². The maximum absolute atomic E-state index is 12.0. The second kappa shape index (κ2) is 6.74. The molecule has 0 spiro atoms. The highest BCUT2D eigenvalue weighted by Crippen LogP contribution is 2.32. The molecule has 1 atom stereocenters. The van der Waals surface area contributed by atoms with Crippen LogP contribution in [0, 0.1) is 17.8 Å². The number of carbonyl (C=O) groups excluding carboxylic acids is 1. The number of amides is 1. The van der Waals surface area contributed by atoms with Crippen molar-refractivity contribution in [1.82, 2.24) is 10.2 Å². The van der Waals surface area contributed by atoms with Gasteiger partial charge in [0.15, 0.2) is 0 Å². The molecule has 0 aromatic rings. The smallest absolute Gasteiger partial charge is 0.237 e. The molecule has 1 saturated heterocycles. The summed E-state index contributed by atoms with van der Waals surface area (Å²) in [6, 6.07) is 0. The number of carbonyl (C=O) groups is 1. The second-order valence-electron chi connectivity index (χ2n) is 6.87. The lowest BCUT2D eigenvalue weighted by Crippen LogP contribution is -2.41. The van der Waals surface area contributed by atoms with Gasteiger partial charge in [-0.3, -0.25) is 10.1 Å². The van der Waals surface area contributed by atoms with Gasteiger partial charge < -0.3 is 4.90 Å². The zero-order valence-electron chi connectivity index (χ0n) is 12.8. The third kappa shape index (κ3) is 3.95. The van der Waals surface area contributed by atoms with Crippen molar-refractivity contribution in [2.45, 2.75) is 65.5 Å². The van der Waals surface area contributed by atoms with Gasteiger partial charge in [-0.05, 0) is 37.0 Å². The normalized spacial score (nSPS) is 32.3. The van der Waals surface area contributed by atoms with Gasteiger partial charge in [0.1, 0.15) is 0 Å². The summed E-state index contributed by atoms with van der Waals surface area (Å²) in [6.07, 6.45) is 8.06. The molecule has 1 N–H and O–H groups in total. The minimum Gasteiger partial charge on any atom is -0.326 e. The summed E-state index contributed by atoms with van der Waals surface area (Å²) in [7, 11) is 0.